The van der Waals surface area contributed by atoms with Crippen LogP contribution in [0.5, 0.6) is 0 Å². The topological polar surface area (TPSA) is 84.2 Å². The molecular weight excluding hydrogens is 270 g/mol. The van der Waals surface area contributed by atoms with E-state index in [9.17, 15) is 9.59 Å². The van der Waals surface area contributed by atoms with E-state index in [1.165, 1.54) is 6.07 Å². The summed E-state index contributed by atoms with van der Waals surface area (Å²) in [6.45, 7) is 3.92. The average molecular weight is 287 g/mol. The van der Waals surface area contributed by atoms with Gasteiger partial charge in [-0.05, 0) is 25.5 Å². The Kier molecular flexibility index (Phi) is 4.37. The number of carboxylic acid groups (broad SMARTS) is 1. The molecule has 2 N–H and O–H groups in total. The fraction of sp³-hybridized carbons (Fsp3) is 0.267. The number of anilines is 1. The predicted molar refractivity (Wildman–Crippen MR) is 78.3 cm³/mol. The van der Waals surface area contributed by atoms with Crippen LogP contribution in [-0.2, 0) is 11.2 Å². The van der Waals surface area contributed by atoms with Crippen molar-refractivity contribution in [1.29, 1.82) is 0 Å². The number of amides is 1. The standard InChI is InChI=1S/C15H17N3O3/c1-10(2)18-13(7-8-16-18)17-14(19)9-11-5-3-4-6-12(11)15(20)21/h3-8,10H,9H2,1-2H3,(H,17,19)(H,20,21). The second-order valence-corrected chi connectivity index (χ2v) is 4.94. The first-order valence-corrected chi connectivity index (χ1v) is 6.63. The summed E-state index contributed by atoms with van der Waals surface area (Å²) in [4.78, 5) is 23.2. The summed E-state index contributed by atoms with van der Waals surface area (Å²) < 4.78 is 1.70. The van der Waals surface area contributed by atoms with Crippen molar-refractivity contribution < 1.29 is 14.7 Å². The average Bonchev–Trinajstić information content (AvgIpc) is 2.87. The number of carbonyl (C=O) groups is 2. The third-order valence-electron chi connectivity index (χ3n) is 3.03. The SMILES string of the molecule is CC(C)n1nccc1NC(=O)Cc1ccccc1C(=O)O. The van der Waals surface area contributed by atoms with Crippen molar-refractivity contribution in [3.8, 4) is 0 Å². The van der Waals surface area contributed by atoms with Crippen molar-refractivity contribution in [3.05, 3.63) is 47.7 Å². The summed E-state index contributed by atoms with van der Waals surface area (Å²) in [5.41, 5.74) is 0.628. The number of nitrogens with one attached hydrogen (secondary N) is 1. The van der Waals surface area contributed by atoms with Crippen LogP contribution in [0.15, 0.2) is 36.5 Å². The van der Waals surface area contributed by atoms with E-state index in [0.717, 1.165) is 0 Å². The Morgan fingerprint density at radius 1 is 1.29 bits per heavy atom. The van der Waals surface area contributed by atoms with Crippen molar-refractivity contribution in [1.82, 2.24) is 9.78 Å². The lowest BCUT2D eigenvalue weighted by atomic mass is 10.0. The van der Waals surface area contributed by atoms with Crippen LogP contribution in [0.1, 0.15) is 35.8 Å². The van der Waals surface area contributed by atoms with E-state index in [0.29, 0.717) is 11.4 Å². The van der Waals surface area contributed by atoms with Crippen molar-refractivity contribution in [3.63, 3.8) is 0 Å². The Balaban J connectivity index is 2.12. The van der Waals surface area contributed by atoms with Crippen LogP contribution >= 0.6 is 0 Å². The molecule has 1 heterocycles. The molecule has 110 valence electrons. The number of aromatic carboxylic acids is 1. The molecule has 0 unspecified atom stereocenters. The van der Waals surface area contributed by atoms with Gasteiger partial charge in [0.1, 0.15) is 5.82 Å². The van der Waals surface area contributed by atoms with Crippen LogP contribution in [0.2, 0.25) is 0 Å². The quantitative estimate of drug-likeness (QED) is 0.884. The normalized spacial score (nSPS) is 10.6. The van der Waals surface area contributed by atoms with Gasteiger partial charge in [-0.3, -0.25) is 4.79 Å². The molecule has 21 heavy (non-hydrogen) atoms. The Labute approximate surface area is 122 Å². The maximum atomic E-state index is 12.1. The number of nitrogens with zero attached hydrogens (tertiary/aromatic N) is 2. The minimum Gasteiger partial charge on any atom is -0.478 e. The monoisotopic (exact) mass is 287 g/mol. The molecule has 0 aliphatic rings. The van der Waals surface area contributed by atoms with E-state index < -0.39 is 5.97 Å². The van der Waals surface area contributed by atoms with Gasteiger partial charge in [-0.15, -0.1) is 0 Å². The van der Waals surface area contributed by atoms with E-state index in [1.54, 1.807) is 35.1 Å². The van der Waals surface area contributed by atoms with Gasteiger partial charge in [-0.25, -0.2) is 9.48 Å². The molecule has 0 radical (unpaired) electrons. The number of benzene rings is 1. The summed E-state index contributed by atoms with van der Waals surface area (Å²) in [5.74, 6) is -0.709. The van der Waals surface area contributed by atoms with Crippen molar-refractivity contribution >= 4 is 17.7 Å². The highest BCUT2D eigenvalue weighted by molar-refractivity contribution is 5.95. The maximum absolute atomic E-state index is 12.1. The zero-order valence-electron chi connectivity index (χ0n) is 11.9. The van der Waals surface area contributed by atoms with Crippen molar-refractivity contribution in [2.24, 2.45) is 0 Å². The molecule has 6 heteroatoms. The fourth-order valence-electron chi connectivity index (χ4n) is 2.07. The predicted octanol–water partition coefficient (Wildman–Crippen LogP) is 2.34. The smallest absolute Gasteiger partial charge is 0.335 e. The molecule has 0 fully saturated rings. The molecule has 1 amide bonds. The Hall–Kier alpha value is -2.63. The van der Waals surface area contributed by atoms with Crippen LogP contribution in [-0.4, -0.2) is 26.8 Å². The van der Waals surface area contributed by atoms with E-state index in [1.807, 2.05) is 13.8 Å². The van der Waals surface area contributed by atoms with Gasteiger partial charge in [0.2, 0.25) is 5.91 Å². The minimum absolute atomic E-state index is 0.00570. The van der Waals surface area contributed by atoms with E-state index in [-0.39, 0.29) is 23.9 Å². The molecule has 1 aromatic heterocycles. The number of carboxylic acids is 1. The van der Waals surface area contributed by atoms with Gasteiger partial charge < -0.3 is 10.4 Å². The van der Waals surface area contributed by atoms with Gasteiger partial charge in [0.15, 0.2) is 0 Å². The lowest BCUT2D eigenvalue weighted by Gasteiger charge is -2.12. The fourth-order valence-corrected chi connectivity index (χ4v) is 2.07. The van der Waals surface area contributed by atoms with E-state index >= 15 is 0 Å². The molecule has 0 spiro atoms. The lowest BCUT2D eigenvalue weighted by molar-refractivity contribution is -0.115. The number of hydrogen-bond donors (Lipinski definition) is 2. The van der Waals surface area contributed by atoms with Gasteiger partial charge in [0.05, 0.1) is 18.2 Å². The Morgan fingerprint density at radius 3 is 2.67 bits per heavy atom. The van der Waals surface area contributed by atoms with Crippen LogP contribution < -0.4 is 5.32 Å². The molecule has 1 aromatic carbocycles. The number of aromatic nitrogens is 2. The van der Waals surface area contributed by atoms with Gasteiger partial charge >= 0.3 is 5.97 Å². The zero-order chi connectivity index (χ0) is 15.4. The highest BCUT2D eigenvalue weighted by Gasteiger charge is 2.14. The Bertz CT molecular complexity index is 662. The zero-order valence-corrected chi connectivity index (χ0v) is 11.9. The minimum atomic E-state index is -1.04. The molecule has 0 saturated carbocycles. The number of rotatable bonds is 5. The molecule has 6 nitrogen and oxygen atoms in total. The van der Waals surface area contributed by atoms with E-state index in [4.69, 9.17) is 5.11 Å². The first-order valence-electron chi connectivity index (χ1n) is 6.63. The summed E-state index contributed by atoms with van der Waals surface area (Å²) >= 11 is 0. The lowest BCUT2D eigenvalue weighted by Crippen LogP contribution is -2.19. The summed E-state index contributed by atoms with van der Waals surface area (Å²) in [5, 5.41) is 16.0. The number of carbonyl (C=O) groups excluding carboxylic acids is 1. The van der Waals surface area contributed by atoms with Gasteiger partial charge in [-0.1, -0.05) is 18.2 Å². The highest BCUT2D eigenvalue weighted by atomic mass is 16.4. The molecule has 0 saturated heterocycles. The van der Waals surface area contributed by atoms with Crippen LogP contribution in [0.25, 0.3) is 0 Å². The summed E-state index contributed by atoms with van der Waals surface area (Å²) in [7, 11) is 0. The van der Waals surface area contributed by atoms with Gasteiger partial charge in [0.25, 0.3) is 0 Å². The van der Waals surface area contributed by atoms with E-state index in [2.05, 4.69) is 10.4 Å². The van der Waals surface area contributed by atoms with Gasteiger partial charge in [-0.2, -0.15) is 5.10 Å². The molecule has 0 atom stereocenters. The molecular formula is C15H17N3O3. The van der Waals surface area contributed by atoms with Crippen molar-refractivity contribution in [2.75, 3.05) is 5.32 Å². The Morgan fingerprint density at radius 2 is 2.00 bits per heavy atom. The molecule has 0 bridgehead atoms. The summed E-state index contributed by atoms with van der Waals surface area (Å²) in [6.07, 6.45) is 1.62. The highest BCUT2D eigenvalue weighted by Crippen LogP contribution is 2.15. The van der Waals surface area contributed by atoms with Crippen LogP contribution in [0.3, 0.4) is 0 Å². The van der Waals surface area contributed by atoms with Crippen LogP contribution in [0.4, 0.5) is 5.82 Å². The largest absolute Gasteiger partial charge is 0.478 e. The van der Waals surface area contributed by atoms with Gasteiger partial charge in [0, 0.05) is 12.1 Å². The third-order valence-corrected chi connectivity index (χ3v) is 3.03. The summed E-state index contributed by atoms with van der Waals surface area (Å²) in [6, 6.07) is 8.32. The number of hydrogen-bond acceptors (Lipinski definition) is 3. The molecule has 0 aliphatic carbocycles. The van der Waals surface area contributed by atoms with Crippen molar-refractivity contribution in [2.45, 2.75) is 26.3 Å². The molecule has 0 aliphatic heterocycles. The second-order valence-electron chi connectivity index (χ2n) is 4.94. The molecule has 2 aromatic rings. The van der Waals surface area contributed by atoms with Crippen LogP contribution in [0, 0.1) is 0 Å². The second kappa shape index (κ2) is 6.21. The molecule has 2 rings (SSSR count). The third kappa shape index (κ3) is 3.47. The first kappa shape index (κ1) is 14.8. The first-order chi connectivity index (χ1) is 9.99. The maximum Gasteiger partial charge on any atom is 0.335 e.